The first-order valence-electron chi connectivity index (χ1n) is 13.6. The summed E-state index contributed by atoms with van der Waals surface area (Å²) in [6.45, 7) is 0.0682. The second kappa shape index (κ2) is 12.4. The maximum Gasteiger partial charge on any atom is 0.338 e. The molecule has 2 aliphatic carbocycles. The first-order chi connectivity index (χ1) is 19.9. The van der Waals surface area contributed by atoms with Gasteiger partial charge in [0, 0.05) is 24.0 Å². The molecule has 0 atom stereocenters. The average Bonchev–Trinajstić information content (AvgIpc) is 3.73. The molecule has 0 spiro atoms. The van der Waals surface area contributed by atoms with Crippen LogP contribution in [0.15, 0.2) is 66.7 Å². The summed E-state index contributed by atoms with van der Waals surface area (Å²) in [6.07, 6.45) is 0.899. The standard InChI is InChI=1S/C32H33NO8/c1-37-22-12-11-21(28(17-22)38-2)18-40-31(36)32(15-16-32)41-20-33-29(34)13-14-30(35)39-19-27-25-9-5-3-7-23(25)24-8-4-6-10-26(24)27/h3-12,17,27H,13-16,18-20H2,1-2H3,(H,33,34). The van der Waals surface area contributed by atoms with Crippen molar-refractivity contribution in [1.82, 2.24) is 5.32 Å². The molecule has 0 saturated heterocycles. The van der Waals surface area contributed by atoms with Crippen molar-refractivity contribution in [3.05, 3.63) is 83.4 Å². The van der Waals surface area contributed by atoms with Crippen LogP contribution in [-0.4, -0.2) is 51.0 Å². The second-order valence-electron chi connectivity index (χ2n) is 10.0. The van der Waals surface area contributed by atoms with E-state index in [1.807, 2.05) is 24.3 Å². The van der Waals surface area contributed by atoms with Crippen molar-refractivity contribution >= 4 is 17.8 Å². The van der Waals surface area contributed by atoms with E-state index < -0.39 is 17.5 Å². The molecule has 5 rings (SSSR count). The van der Waals surface area contributed by atoms with Crippen molar-refractivity contribution in [2.24, 2.45) is 0 Å². The average molecular weight is 560 g/mol. The van der Waals surface area contributed by atoms with E-state index in [-0.39, 0.29) is 44.6 Å². The Morgan fingerprint density at radius 3 is 2.17 bits per heavy atom. The summed E-state index contributed by atoms with van der Waals surface area (Å²) in [7, 11) is 3.09. The summed E-state index contributed by atoms with van der Waals surface area (Å²) < 4.78 is 27.2. The summed E-state index contributed by atoms with van der Waals surface area (Å²) >= 11 is 0. The third-order valence-electron chi connectivity index (χ3n) is 7.48. The van der Waals surface area contributed by atoms with E-state index in [2.05, 4.69) is 29.6 Å². The van der Waals surface area contributed by atoms with E-state index in [1.165, 1.54) is 7.11 Å². The van der Waals surface area contributed by atoms with Crippen LogP contribution in [0.25, 0.3) is 11.1 Å². The molecule has 214 valence electrons. The molecular formula is C32H33NO8. The smallest absolute Gasteiger partial charge is 0.338 e. The van der Waals surface area contributed by atoms with Crippen LogP contribution in [0.1, 0.15) is 48.3 Å². The molecule has 2 aliphatic rings. The Morgan fingerprint density at radius 2 is 1.54 bits per heavy atom. The molecule has 0 unspecified atom stereocenters. The minimum Gasteiger partial charge on any atom is -0.497 e. The van der Waals surface area contributed by atoms with Gasteiger partial charge in [-0.25, -0.2) is 4.79 Å². The van der Waals surface area contributed by atoms with E-state index >= 15 is 0 Å². The zero-order valence-corrected chi connectivity index (χ0v) is 23.1. The first-order valence-corrected chi connectivity index (χ1v) is 13.6. The van der Waals surface area contributed by atoms with Gasteiger partial charge in [0.25, 0.3) is 0 Å². The summed E-state index contributed by atoms with van der Waals surface area (Å²) in [5.41, 5.74) is 4.19. The lowest BCUT2D eigenvalue weighted by atomic mass is 9.98. The molecule has 0 aliphatic heterocycles. The third-order valence-corrected chi connectivity index (χ3v) is 7.48. The van der Waals surface area contributed by atoms with Gasteiger partial charge in [0.2, 0.25) is 5.91 Å². The van der Waals surface area contributed by atoms with Gasteiger partial charge < -0.3 is 29.0 Å². The van der Waals surface area contributed by atoms with Crippen molar-refractivity contribution in [3.63, 3.8) is 0 Å². The van der Waals surface area contributed by atoms with Crippen LogP contribution in [0.2, 0.25) is 0 Å². The number of fused-ring (bicyclic) bond motifs is 3. The molecule has 1 fully saturated rings. The van der Waals surface area contributed by atoms with Gasteiger partial charge in [0.1, 0.15) is 31.4 Å². The molecule has 0 radical (unpaired) electrons. The van der Waals surface area contributed by atoms with E-state index in [1.54, 1.807) is 25.3 Å². The Kier molecular flexibility index (Phi) is 8.54. The minimum atomic E-state index is -1.07. The van der Waals surface area contributed by atoms with Crippen molar-refractivity contribution < 1.29 is 38.1 Å². The normalized spacial score (nSPS) is 14.4. The minimum absolute atomic E-state index is 0.0175. The van der Waals surface area contributed by atoms with Gasteiger partial charge in [0.05, 0.1) is 20.6 Å². The van der Waals surface area contributed by atoms with E-state index in [0.717, 1.165) is 22.3 Å². The van der Waals surface area contributed by atoms with Gasteiger partial charge in [-0.3, -0.25) is 9.59 Å². The molecule has 9 nitrogen and oxygen atoms in total. The highest BCUT2D eigenvalue weighted by Gasteiger charge is 2.53. The fraction of sp³-hybridized carbons (Fsp3) is 0.344. The van der Waals surface area contributed by atoms with Gasteiger partial charge >= 0.3 is 11.9 Å². The molecule has 41 heavy (non-hydrogen) atoms. The van der Waals surface area contributed by atoms with Crippen molar-refractivity contribution in [3.8, 4) is 22.6 Å². The SMILES string of the molecule is COc1ccc(COC(=O)C2(OCNC(=O)CCC(=O)OCC3c4ccccc4-c4ccccc43)CC2)c(OC)c1. The predicted molar refractivity (Wildman–Crippen MR) is 149 cm³/mol. The highest BCUT2D eigenvalue weighted by Crippen LogP contribution is 2.44. The van der Waals surface area contributed by atoms with Crippen molar-refractivity contribution in [2.45, 2.75) is 43.8 Å². The summed E-state index contributed by atoms with van der Waals surface area (Å²) in [6, 6.07) is 21.5. The van der Waals surface area contributed by atoms with Gasteiger partial charge in [0.15, 0.2) is 5.60 Å². The Hall–Kier alpha value is -4.37. The summed E-state index contributed by atoms with van der Waals surface area (Å²) in [4.78, 5) is 37.4. The zero-order valence-electron chi connectivity index (χ0n) is 23.1. The number of carbonyl (C=O) groups is 3. The van der Waals surface area contributed by atoms with Crippen molar-refractivity contribution in [1.29, 1.82) is 0 Å². The largest absolute Gasteiger partial charge is 0.497 e. The molecule has 1 N–H and O–H groups in total. The number of hydrogen-bond donors (Lipinski definition) is 1. The monoisotopic (exact) mass is 559 g/mol. The Balaban J connectivity index is 1.02. The number of amides is 1. The highest BCUT2D eigenvalue weighted by atomic mass is 16.6. The lowest BCUT2D eigenvalue weighted by molar-refractivity contribution is -0.163. The molecule has 0 aromatic heterocycles. The Labute approximate surface area is 238 Å². The number of nitrogens with one attached hydrogen (secondary N) is 1. The van der Waals surface area contributed by atoms with Gasteiger partial charge in [-0.2, -0.15) is 0 Å². The maximum absolute atomic E-state index is 12.7. The van der Waals surface area contributed by atoms with Gasteiger partial charge in [-0.1, -0.05) is 48.5 Å². The Morgan fingerprint density at radius 1 is 0.854 bits per heavy atom. The molecule has 3 aromatic carbocycles. The van der Waals surface area contributed by atoms with Crippen LogP contribution in [-0.2, 0) is 35.2 Å². The summed E-state index contributed by atoms with van der Waals surface area (Å²) in [5, 5.41) is 2.61. The fourth-order valence-corrected chi connectivity index (χ4v) is 5.01. The molecule has 1 amide bonds. The quantitative estimate of drug-likeness (QED) is 0.241. The van der Waals surface area contributed by atoms with Crippen LogP contribution in [0.4, 0.5) is 0 Å². The number of esters is 2. The molecular weight excluding hydrogens is 526 g/mol. The predicted octanol–water partition coefficient (Wildman–Crippen LogP) is 4.51. The molecule has 9 heteroatoms. The van der Waals surface area contributed by atoms with Gasteiger partial charge in [-0.15, -0.1) is 0 Å². The van der Waals surface area contributed by atoms with Crippen LogP contribution < -0.4 is 14.8 Å². The third kappa shape index (κ3) is 6.36. The highest BCUT2D eigenvalue weighted by molar-refractivity contribution is 5.83. The number of ether oxygens (including phenoxy) is 5. The number of benzene rings is 3. The molecule has 0 bridgehead atoms. The summed E-state index contributed by atoms with van der Waals surface area (Å²) in [5.74, 6) is -0.165. The van der Waals surface area contributed by atoms with Gasteiger partial charge in [-0.05, 0) is 47.2 Å². The molecule has 1 saturated carbocycles. The first kappa shape index (κ1) is 28.2. The number of methoxy groups -OCH3 is 2. The van der Waals surface area contributed by atoms with E-state index in [4.69, 9.17) is 23.7 Å². The number of hydrogen-bond acceptors (Lipinski definition) is 8. The van der Waals surface area contributed by atoms with Crippen molar-refractivity contribution in [2.75, 3.05) is 27.6 Å². The lowest BCUT2D eigenvalue weighted by Crippen LogP contribution is -2.35. The fourth-order valence-electron chi connectivity index (χ4n) is 5.01. The lowest BCUT2D eigenvalue weighted by Gasteiger charge is -2.17. The topological polar surface area (TPSA) is 109 Å². The van der Waals surface area contributed by atoms with E-state index in [9.17, 15) is 14.4 Å². The zero-order chi connectivity index (χ0) is 28.8. The Bertz CT molecular complexity index is 1390. The van der Waals surface area contributed by atoms with Crippen LogP contribution in [0.3, 0.4) is 0 Å². The van der Waals surface area contributed by atoms with Crippen LogP contribution in [0, 0.1) is 0 Å². The maximum atomic E-state index is 12.7. The van der Waals surface area contributed by atoms with E-state index in [0.29, 0.717) is 29.9 Å². The second-order valence-corrected chi connectivity index (χ2v) is 10.0. The number of rotatable bonds is 13. The number of carbonyl (C=O) groups excluding carboxylic acids is 3. The van der Waals surface area contributed by atoms with Crippen LogP contribution in [0.5, 0.6) is 11.5 Å². The molecule has 3 aromatic rings. The molecule has 0 heterocycles. The van der Waals surface area contributed by atoms with Crippen LogP contribution >= 0.6 is 0 Å².